The minimum Gasteiger partial charge on any atom is -0.507 e. The number of benzene rings is 2. The number of fused-ring (bicyclic) bond motifs is 13. The summed E-state index contributed by atoms with van der Waals surface area (Å²) in [6.07, 6.45) is 4.38. The van der Waals surface area contributed by atoms with E-state index in [9.17, 15) is 34.8 Å². The third-order valence-electron chi connectivity index (χ3n) is 15.1. The number of aliphatic hydroxyl groups excluding tert-OH is 2. The van der Waals surface area contributed by atoms with Crippen molar-refractivity contribution in [3.05, 3.63) is 58.0 Å². The van der Waals surface area contributed by atoms with Gasteiger partial charge in [-0.2, -0.15) is 0 Å². The van der Waals surface area contributed by atoms with E-state index in [4.69, 9.17) is 33.7 Å². The Morgan fingerprint density at radius 2 is 1.56 bits per heavy atom. The number of aromatic hydroxyl groups is 2. The number of ether oxygens (including phenoxy) is 5. The molecule has 18 nitrogen and oxygen atoms in total. The number of nitrogens with one attached hydrogen (secondary N) is 1. The molecule has 5 bridgehead atoms. The number of likely N-dealkylation sites (tertiary alicyclic amines) is 1. The van der Waals surface area contributed by atoms with Crippen molar-refractivity contribution < 1.29 is 58.5 Å². The predicted octanol–water partition coefficient (Wildman–Crippen LogP) is 4.59. The first kappa shape index (κ1) is 52.7. The number of phenols is 2. The Morgan fingerprint density at radius 1 is 0.886 bits per heavy atom. The smallest absolute Gasteiger partial charge is 0.410 e. The molecule has 0 aromatic heterocycles. The van der Waals surface area contributed by atoms with Gasteiger partial charge in [-0.25, -0.2) is 4.79 Å². The molecule has 0 saturated carbocycles. The van der Waals surface area contributed by atoms with Crippen LogP contribution in [0.5, 0.6) is 17.2 Å². The predicted molar refractivity (Wildman–Crippen MR) is 262 cm³/mol. The molecular weight excluding hydrogens is 901 g/mol. The van der Waals surface area contributed by atoms with Crippen molar-refractivity contribution in [2.75, 3.05) is 78.5 Å². The Balaban J connectivity index is 1.31. The van der Waals surface area contributed by atoms with Crippen molar-refractivity contribution in [2.24, 2.45) is 39.6 Å². The molecule has 2 fully saturated rings. The molecule has 70 heavy (non-hydrogen) atoms. The number of ketones is 1. The summed E-state index contributed by atoms with van der Waals surface area (Å²) in [7, 11) is 3.14. The SMILES string of the molecule is COCCN1CCN(C(=O)O[C@H]2[C@H](C)[C@H](O)[C@H](C)[C@@H](O)[C@@H](C)/C=C/C=C(/C)C(=O)Nc3c(O)c4c(O)c(C)c5c(c4c4c3=NC3(CCN(CC(C)C)CC3)N=4)C(=O)[C@@](C)(O/C=C/[C@H](OC)[C@H]2C)O5)CC1. The molecular formula is C52H74N6O12. The first-order valence-electron chi connectivity index (χ1n) is 24.7. The maximum atomic E-state index is 14.9. The molecule has 0 radical (unpaired) electrons. The third kappa shape index (κ3) is 10.3. The van der Waals surface area contributed by atoms with E-state index in [2.05, 4.69) is 29.0 Å². The van der Waals surface area contributed by atoms with Crippen molar-refractivity contribution in [1.29, 1.82) is 0 Å². The standard InChI is InChI=1S/C52H74N6O12/c1-28(2)27-57-18-16-52(17-19-57)54-39-36-37-44(61)34(8)47-38(36)48(63)51(9,70-47)68-25-15-35(67-11)31(5)46(69-50(65)58-22-20-56(21-23-58)24-26-66-10)33(7)43(60)32(6)42(59)29(3)13-12-14-30(4)49(64)53-41(45(37)62)40(39)55-52/h12-15,25,28-29,31-33,35,42-43,46,59-62H,16-24,26-27H2,1-11H3,(H,53,64)/b13-12+,25-15+,30-14-/t29-,31+,32+,33+,35-,42-,43+,46+,51-/m0/s1. The summed E-state index contributed by atoms with van der Waals surface area (Å²) in [4.78, 5) is 59.5. The first-order valence-corrected chi connectivity index (χ1v) is 24.7. The van der Waals surface area contributed by atoms with E-state index < -0.39 is 83.1 Å². The topological polar surface area (TPSA) is 225 Å². The molecule has 2 amide bonds. The molecule has 0 unspecified atom stereocenters. The van der Waals surface area contributed by atoms with E-state index in [-0.39, 0.29) is 55.4 Å². The molecule has 2 saturated heterocycles. The zero-order chi connectivity index (χ0) is 51.0. The summed E-state index contributed by atoms with van der Waals surface area (Å²) in [6, 6.07) is 0. The lowest BCUT2D eigenvalue weighted by molar-refractivity contribution is -0.112. The highest BCUT2D eigenvalue weighted by Crippen LogP contribution is 2.50. The van der Waals surface area contributed by atoms with Gasteiger partial charge in [0.15, 0.2) is 11.4 Å². The molecule has 9 atom stereocenters. The third-order valence-corrected chi connectivity index (χ3v) is 15.1. The molecule has 0 aliphatic carbocycles. The number of carbonyl (C=O) groups excluding carboxylic acids is 3. The lowest BCUT2D eigenvalue weighted by Crippen LogP contribution is -2.52. The molecule has 5 N–H and O–H groups in total. The Kier molecular flexibility index (Phi) is 16.0. The average molecular weight is 975 g/mol. The number of nitrogens with zero attached hydrogens (tertiary/aromatic N) is 5. The number of carbonyl (C=O) groups is 3. The molecule has 2 aromatic rings. The van der Waals surface area contributed by atoms with Gasteiger partial charge in [-0.15, -0.1) is 0 Å². The summed E-state index contributed by atoms with van der Waals surface area (Å²) in [6.45, 7) is 21.8. The molecule has 1 spiro atoms. The molecule has 2 aromatic carbocycles. The number of methoxy groups -OCH3 is 2. The van der Waals surface area contributed by atoms with Crippen molar-refractivity contribution in [3.8, 4) is 17.2 Å². The number of hydrogen-bond donors (Lipinski definition) is 5. The summed E-state index contributed by atoms with van der Waals surface area (Å²) < 4.78 is 30.1. The van der Waals surface area contributed by atoms with Crippen molar-refractivity contribution in [3.63, 3.8) is 0 Å². The number of amides is 2. The lowest BCUT2D eigenvalue weighted by atomic mass is 9.78. The van der Waals surface area contributed by atoms with Crippen LogP contribution < -0.4 is 20.8 Å². The highest BCUT2D eigenvalue weighted by Gasteiger charge is 2.50. The molecule has 8 rings (SSSR count). The highest BCUT2D eigenvalue weighted by atomic mass is 16.7. The fraction of sp³-hybridized carbons (Fsp3) is 0.635. The van der Waals surface area contributed by atoms with Crippen LogP contribution in [0.4, 0.5) is 10.5 Å². The van der Waals surface area contributed by atoms with Gasteiger partial charge >= 0.3 is 11.9 Å². The molecule has 6 heterocycles. The fourth-order valence-corrected chi connectivity index (χ4v) is 10.6. The minimum absolute atomic E-state index is 0.0333. The summed E-state index contributed by atoms with van der Waals surface area (Å²) in [5.41, 5.74) is -0.596. The second kappa shape index (κ2) is 21.3. The highest BCUT2D eigenvalue weighted by molar-refractivity contribution is 6.19. The largest absolute Gasteiger partial charge is 0.507 e. The summed E-state index contributed by atoms with van der Waals surface area (Å²) in [5, 5.41) is 51.1. The average Bonchev–Trinajstić information content (AvgIpc) is 3.84. The number of aliphatic hydroxyl groups is 2. The maximum Gasteiger partial charge on any atom is 0.410 e. The number of phenolic OH excluding ortho intramolecular Hbond substituents is 2. The van der Waals surface area contributed by atoms with Gasteiger partial charge in [0.1, 0.15) is 28.6 Å². The number of hydrogen-bond acceptors (Lipinski definition) is 16. The van der Waals surface area contributed by atoms with Gasteiger partial charge < -0.3 is 59.2 Å². The number of allylic oxidation sites excluding steroid dienone is 2. The monoisotopic (exact) mass is 975 g/mol. The van der Waals surface area contributed by atoms with Gasteiger partial charge in [0.05, 0.1) is 47.5 Å². The van der Waals surface area contributed by atoms with Crippen LogP contribution in [0, 0.1) is 36.5 Å². The van der Waals surface area contributed by atoms with Crippen LogP contribution in [0.2, 0.25) is 0 Å². The van der Waals surface area contributed by atoms with Gasteiger partial charge in [0.2, 0.25) is 0 Å². The van der Waals surface area contributed by atoms with E-state index in [0.717, 1.165) is 13.1 Å². The van der Waals surface area contributed by atoms with Crippen LogP contribution in [0.15, 0.2) is 46.1 Å². The van der Waals surface area contributed by atoms with E-state index in [1.807, 2.05) is 6.92 Å². The number of Topliss-reactive ketones (excluding diaryl/α,β-unsaturated/α-hetero) is 1. The van der Waals surface area contributed by atoms with Crippen molar-refractivity contribution in [1.82, 2.24) is 14.7 Å². The van der Waals surface area contributed by atoms with Crippen molar-refractivity contribution >= 4 is 34.2 Å². The van der Waals surface area contributed by atoms with Gasteiger partial charge in [-0.1, -0.05) is 59.8 Å². The number of anilines is 1. The van der Waals surface area contributed by atoms with E-state index in [1.165, 1.54) is 20.3 Å². The van der Waals surface area contributed by atoms with E-state index in [0.29, 0.717) is 64.6 Å². The Bertz CT molecular complexity index is 2530. The quantitative estimate of drug-likeness (QED) is 0.240. The second-order valence-electron chi connectivity index (χ2n) is 20.5. The van der Waals surface area contributed by atoms with Crippen LogP contribution in [0.3, 0.4) is 0 Å². The zero-order valence-corrected chi connectivity index (χ0v) is 42.7. The zero-order valence-electron chi connectivity index (χ0n) is 42.7. The van der Waals surface area contributed by atoms with E-state index in [1.54, 1.807) is 70.9 Å². The molecule has 6 aliphatic heterocycles. The van der Waals surface area contributed by atoms with Gasteiger partial charge in [0.25, 0.3) is 11.7 Å². The van der Waals surface area contributed by atoms with Crippen LogP contribution in [-0.4, -0.2) is 162 Å². The normalized spacial score (nSPS) is 31.6. The summed E-state index contributed by atoms with van der Waals surface area (Å²) in [5.74, 6) is -6.09. The number of piperazine rings is 1. The van der Waals surface area contributed by atoms with Gasteiger partial charge in [-0.05, 0) is 25.8 Å². The van der Waals surface area contributed by atoms with Gasteiger partial charge in [-0.3, -0.25) is 24.5 Å². The van der Waals surface area contributed by atoms with Crippen molar-refractivity contribution in [2.45, 2.75) is 111 Å². The number of rotatable bonds is 7. The fourth-order valence-electron chi connectivity index (χ4n) is 10.6. The Morgan fingerprint density at radius 3 is 2.20 bits per heavy atom. The van der Waals surface area contributed by atoms with E-state index >= 15 is 0 Å². The minimum atomic E-state index is -1.98. The second-order valence-corrected chi connectivity index (χ2v) is 20.5. The molecule has 6 aliphatic rings. The van der Waals surface area contributed by atoms with Crippen LogP contribution in [-0.2, 0) is 23.7 Å². The van der Waals surface area contributed by atoms with Crippen LogP contribution in [0.1, 0.15) is 84.2 Å². The lowest BCUT2D eigenvalue weighted by Gasteiger charge is -2.40. The Hall–Kier alpha value is -5.11. The Labute approximate surface area is 410 Å². The first-order chi connectivity index (χ1) is 33.1. The van der Waals surface area contributed by atoms with Gasteiger partial charge in [0, 0.05) is 127 Å². The maximum absolute atomic E-state index is 14.9. The molecule has 18 heteroatoms. The summed E-state index contributed by atoms with van der Waals surface area (Å²) >= 11 is 0. The number of piperidine rings is 1. The van der Waals surface area contributed by atoms with Crippen LogP contribution >= 0.6 is 0 Å². The van der Waals surface area contributed by atoms with Crippen LogP contribution in [0.25, 0.3) is 10.8 Å². The molecule has 384 valence electrons.